The minimum atomic E-state index is 0.185. The van der Waals surface area contributed by atoms with Crippen molar-refractivity contribution in [2.24, 2.45) is 0 Å². The molecule has 0 spiro atoms. The molecule has 6 aromatic carbocycles. The van der Waals surface area contributed by atoms with Crippen LogP contribution in [0.4, 0.5) is 0 Å². The molecule has 0 saturated carbocycles. The Morgan fingerprint density at radius 2 is 0.522 bits per heavy atom. The predicted molar refractivity (Wildman–Crippen MR) is 197 cm³/mol. The maximum absolute atomic E-state index is 2.46. The van der Waals surface area contributed by atoms with Crippen molar-refractivity contribution in [1.82, 2.24) is 0 Å². The van der Waals surface area contributed by atoms with Crippen LogP contribution in [0.3, 0.4) is 0 Å². The van der Waals surface area contributed by atoms with Crippen LogP contribution in [-0.2, 0) is 0 Å². The quantitative estimate of drug-likeness (QED) is 0.160. The van der Waals surface area contributed by atoms with Crippen molar-refractivity contribution in [2.45, 2.75) is 67.2 Å². The van der Waals surface area contributed by atoms with Gasteiger partial charge in [-0.25, -0.2) is 0 Å². The van der Waals surface area contributed by atoms with Gasteiger partial charge in [-0.05, 0) is 144 Å². The zero-order valence-electron chi connectivity index (χ0n) is 28.7. The number of hydrogen-bond donors (Lipinski definition) is 0. The normalized spacial score (nSPS) is 11.4. The summed E-state index contributed by atoms with van der Waals surface area (Å²) in [7, 11) is 0. The van der Waals surface area contributed by atoms with Gasteiger partial charge >= 0.3 is 0 Å². The van der Waals surface area contributed by atoms with E-state index in [9.17, 15) is 0 Å². The highest BCUT2D eigenvalue weighted by atomic mass is 14.3. The Hall–Kier alpha value is -4.68. The molecule has 0 heteroatoms. The predicted octanol–water partition coefficient (Wildman–Crippen LogP) is 12.2. The first kappa shape index (κ1) is 31.3. The average molecular weight is 599 g/mol. The fourth-order valence-electron chi connectivity index (χ4n) is 7.53. The Morgan fingerprint density at radius 3 is 0.783 bits per heavy atom. The molecule has 0 heterocycles. The highest BCUT2D eigenvalue weighted by Gasteiger charge is 2.25. The molecule has 0 saturated heterocycles. The second-order valence-corrected chi connectivity index (χ2v) is 13.3. The summed E-state index contributed by atoms with van der Waals surface area (Å²) in [6.07, 6.45) is 0. The minimum absolute atomic E-state index is 0.185. The van der Waals surface area contributed by atoms with Crippen molar-refractivity contribution < 1.29 is 0 Å². The van der Waals surface area contributed by atoms with Gasteiger partial charge < -0.3 is 0 Å². The first-order chi connectivity index (χ1) is 22.2. The van der Waals surface area contributed by atoms with E-state index in [0.29, 0.717) is 0 Å². The molecule has 6 aromatic rings. The summed E-state index contributed by atoms with van der Waals surface area (Å²) in [6.45, 7) is 18.1. The molecule has 6 rings (SSSR count). The largest absolute Gasteiger partial charge is 0.0620 e. The highest BCUT2D eigenvalue weighted by Crippen LogP contribution is 2.42. The van der Waals surface area contributed by atoms with E-state index in [2.05, 4.69) is 177 Å². The second-order valence-electron chi connectivity index (χ2n) is 13.3. The molecule has 0 aliphatic carbocycles. The lowest BCUT2D eigenvalue weighted by Crippen LogP contribution is -2.10. The third-order valence-electron chi connectivity index (χ3n) is 10.1. The van der Waals surface area contributed by atoms with Crippen LogP contribution in [0.5, 0.6) is 0 Å². The van der Waals surface area contributed by atoms with Gasteiger partial charge in [-0.2, -0.15) is 0 Å². The third-order valence-corrected chi connectivity index (χ3v) is 10.1. The molecule has 0 amide bonds. The maximum Gasteiger partial charge on any atom is 0.0347 e. The van der Waals surface area contributed by atoms with Crippen LogP contribution in [-0.4, -0.2) is 0 Å². The minimum Gasteiger partial charge on any atom is -0.0620 e. The van der Waals surface area contributed by atoms with E-state index in [1.807, 2.05) is 0 Å². The topological polar surface area (TPSA) is 0 Å². The molecular weight excluding hydrogens is 553 g/mol. The van der Waals surface area contributed by atoms with Gasteiger partial charge in [-0.3, -0.25) is 0 Å². The van der Waals surface area contributed by atoms with Gasteiger partial charge in [-0.1, -0.05) is 121 Å². The first-order valence-electron chi connectivity index (χ1n) is 16.6. The summed E-state index contributed by atoms with van der Waals surface area (Å²) < 4.78 is 0. The van der Waals surface area contributed by atoms with E-state index in [-0.39, 0.29) is 11.8 Å². The second kappa shape index (κ2) is 13.0. The SMILES string of the molecule is Cc1cc(C(c2ccccc2C)c2ccccc2C)c(C)cc1-c1cc(C)c(C(c2ccccc2C)c2ccccc2C)cc1C. The van der Waals surface area contributed by atoms with Crippen molar-refractivity contribution >= 4 is 0 Å². The lowest BCUT2D eigenvalue weighted by molar-refractivity contribution is 0.933. The average Bonchev–Trinajstić information content (AvgIpc) is 3.04. The van der Waals surface area contributed by atoms with Crippen LogP contribution in [0, 0.1) is 55.4 Å². The molecule has 230 valence electrons. The van der Waals surface area contributed by atoms with E-state index in [1.54, 1.807) is 0 Å². The monoisotopic (exact) mass is 598 g/mol. The van der Waals surface area contributed by atoms with Crippen molar-refractivity contribution in [3.05, 3.63) is 199 Å². The number of aryl methyl sites for hydroxylation is 8. The Labute approximate surface area is 276 Å². The summed E-state index contributed by atoms with van der Waals surface area (Å²) in [5.74, 6) is 0.369. The molecule has 0 unspecified atom stereocenters. The molecule has 0 aliphatic rings. The van der Waals surface area contributed by atoms with Crippen LogP contribution in [0.2, 0.25) is 0 Å². The molecule has 0 bridgehead atoms. The Balaban J connectivity index is 1.49. The van der Waals surface area contributed by atoms with Gasteiger partial charge in [0.2, 0.25) is 0 Å². The van der Waals surface area contributed by atoms with E-state index in [4.69, 9.17) is 0 Å². The van der Waals surface area contributed by atoms with E-state index in [1.165, 1.54) is 89.0 Å². The Kier molecular flexibility index (Phi) is 8.83. The summed E-state index contributed by atoms with van der Waals surface area (Å²) in [5, 5.41) is 0. The fourth-order valence-corrected chi connectivity index (χ4v) is 7.53. The zero-order valence-corrected chi connectivity index (χ0v) is 28.7. The van der Waals surface area contributed by atoms with Gasteiger partial charge in [0.25, 0.3) is 0 Å². The highest BCUT2D eigenvalue weighted by molar-refractivity contribution is 5.74. The molecule has 0 aliphatic heterocycles. The lowest BCUT2D eigenvalue weighted by atomic mass is 9.77. The maximum atomic E-state index is 2.46. The molecule has 0 radical (unpaired) electrons. The van der Waals surface area contributed by atoms with E-state index < -0.39 is 0 Å². The van der Waals surface area contributed by atoms with Gasteiger partial charge in [0.05, 0.1) is 0 Å². The van der Waals surface area contributed by atoms with Crippen LogP contribution >= 0.6 is 0 Å². The van der Waals surface area contributed by atoms with Gasteiger partial charge in [-0.15, -0.1) is 0 Å². The van der Waals surface area contributed by atoms with Crippen LogP contribution in [0.1, 0.15) is 89.7 Å². The Bertz CT molecular complexity index is 1800. The fraction of sp³-hybridized carbons (Fsp3) is 0.217. The van der Waals surface area contributed by atoms with Crippen molar-refractivity contribution in [2.75, 3.05) is 0 Å². The number of hydrogen-bond acceptors (Lipinski definition) is 0. The molecule has 0 nitrogen and oxygen atoms in total. The van der Waals surface area contributed by atoms with Gasteiger partial charge in [0, 0.05) is 11.8 Å². The van der Waals surface area contributed by atoms with Gasteiger partial charge in [0.15, 0.2) is 0 Å². The smallest absolute Gasteiger partial charge is 0.0347 e. The van der Waals surface area contributed by atoms with Crippen LogP contribution < -0.4 is 0 Å². The summed E-state index contributed by atoms with van der Waals surface area (Å²) in [6, 6.07) is 45.3. The molecule has 0 N–H and O–H groups in total. The van der Waals surface area contributed by atoms with Crippen LogP contribution in [0.25, 0.3) is 11.1 Å². The third kappa shape index (κ3) is 5.85. The number of rotatable bonds is 7. The molecule has 46 heavy (non-hydrogen) atoms. The van der Waals surface area contributed by atoms with E-state index in [0.717, 1.165) is 0 Å². The summed E-state index contributed by atoms with van der Waals surface area (Å²) in [4.78, 5) is 0. The Morgan fingerprint density at radius 1 is 0.261 bits per heavy atom. The van der Waals surface area contributed by atoms with Crippen LogP contribution in [0.15, 0.2) is 121 Å². The van der Waals surface area contributed by atoms with E-state index >= 15 is 0 Å². The zero-order chi connectivity index (χ0) is 32.5. The number of benzene rings is 6. The standard InChI is InChI=1S/C46H46/c1-29-17-9-13-21-37(29)45(38-22-14-10-18-30(38)2)43-27-33(5)41(25-35(43)7)42-26-36(8)44(28-34(42)6)46(39-23-15-11-19-31(39)3)40-24-16-12-20-32(40)4/h9-28,45-46H,1-8H3. The summed E-state index contributed by atoms with van der Waals surface area (Å²) in [5.41, 5.74) is 21.5. The van der Waals surface area contributed by atoms with Crippen molar-refractivity contribution in [3.63, 3.8) is 0 Å². The lowest BCUT2D eigenvalue weighted by Gasteiger charge is -2.27. The van der Waals surface area contributed by atoms with Crippen molar-refractivity contribution in [3.8, 4) is 11.1 Å². The molecule has 0 atom stereocenters. The van der Waals surface area contributed by atoms with Gasteiger partial charge in [0.1, 0.15) is 0 Å². The molecule has 0 aromatic heterocycles. The first-order valence-corrected chi connectivity index (χ1v) is 16.6. The summed E-state index contributed by atoms with van der Waals surface area (Å²) >= 11 is 0. The molecular formula is C46H46. The molecule has 0 fully saturated rings. The van der Waals surface area contributed by atoms with Crippen molar-refractivity contribution in [1.29, 1.82) is 0 Å².